The number of carbonyl (C=O) groups excluding carboxylic acids is 1. The SMILES string of the molecule is [C]#Cc1ccc(C(=O)N(CC(C)C)[C@@H](Cc2ccccc2)C(=O)O)cc1. The van der Waals surface area contributed by atoms with Gasteiger partial charge >= 0.3 is 5.97 Å². The fraction of sp³-hybridized carbons (Fsp3) is 0.273. The van der Waals surface area contributed by atoms with Gasteiger partial charge in [-0.25, -0.2) is 4.79 Å². The van der Waals surface area contributed by atoms with Crippen LogP contribution in [0, 0.1) is 18.3 Å². The Balaban J connectivity index is 2.34. The second kappa shape index (κ2) is 8.87. The fourth-order valence-electron chi connectivity index (χ4n) is 2.78. The highest BCUT2D eigenvalue weighted by atomic mass is 16.4. The summed E-state index contributed by atoms with van der Waals surface area (Å²) >= 11 is 0. The number of rotatable bonds is 7. The monoisotopic (exact) mass is 348 g/mol. The third kappa shape index (κ3) is 4.97. The molecule has 2 rings (SSSR count). The van der Waals surface area contributed by atoms with Gasteiger partial charge in [-0.1, -0.05) is 50.1 Å². The van der Waals surface area contributed by atoms with Gasteiger partial charge in [-0.05, 0) is 42.2 Å². The molecule has 0 fully saturated rings. The van der Waals surface area contributed by atoms with Crippen LogP contribution in [-0.2, 0) is 11.2 Å². The lowest BCUT2D eigenvalue weighted by atomic mass is 10.0. The van der Waals surface area contributed by atoms with E-state index in [0.29, 0.717) is 17.7 Å². The van der Waals surface area contributed by atoms with Crippen molar-refractivity contribution in [3.05, 3.63) is 77.7 Å². The highest BCUT2D eigenvalue weighted by Gasteiger charge is 2.31. The van der Waals surface area contributed by atoms with Crippen LogP contribution >= 0.6 is 0 Å². The molecular formula is C22H22NO3. The summed E-state index contributed by atoms with van der Waals surface area (Å²) in [5, 5.41) is 9.77. The van der Waals surface area contributed by atoms with Gasteiger partial charge in [-0.2, -0.15) is 0 Å². The van der Waals surface area contributed by atoms with Crippen LogP contribution < -0.4 is 0 Å². The molecule has 2 aromatic rings. The van der Waals surface area contributed by atoms with Gasteiger partial charge in [-0.3, -0.25) is 4.79 Å². The molecule has 0 saturated carbocycles. The van der Waals surface area contributed by atoms with Gasteiger partial charge in [0.25, 0.3) is 5.91 Å². The molecule has 4 heteroatoms. The van der Waals surface area contributed by atoms with E-state index in [2.05, 4.69) is 5.92 Å². The number of amides is 1. The van der Waals surface area contributed by atoms with Crippen LogP contribution in [0.25, 0.3) is 0 Å². The maximum atomic E-state index is 13.0. The highest BCUT2D eigenvalue weighted by Crippen LogP contribution is 2.16. The van der Waals surface area contributed by atoms with Crippen LogP contribution in [0.2, 0.25) is 0 Å². The molecule has 1 atom stereocenters. The van der Waals surface area contributed by atoms with Crippen LogP contribution in [-0.4, -0.2) is 34.5 Å². The quantitative estimate of drug-likeness (QED) is 0.780. The summed E-state index contributed by atoms with van der Waals surface area (Å²) in [6, 6.07) is 14.8. The predicted molar refractivity (Wildman–Crippen MR) is 100 cm³/mol. The minimum absolute atomic E-state index is 0.130. The normalized spacial score (nSPS) is 11.6. The Morgan fingerprint density at radius 1 is 1.08 bits per heavy atom. The van der Waals surface area contributed by atoms with E-state index in [4.69, 9.17) is 6.42 Å². The number of benzene rings is 2. The molecule has 26 heavy (non-hydrogen) atoms. The summed E-state index contributed by atoms with van der Waals surface area (Å²) in [4.78, 5) is 26.4. The van der Waals surface area contributed by atoms with Gasteiger partial charge in [0.2, 0.25) is 0 Å². The maximum absolute atomic E-state index is 13.0. The van der Waals surface area contributed by atoms with Crippen molar-refractivity contribution < 1.29 is 14.7 Å². The van der Waals surface area contributed by atoms with E-state index in [1.54, 1.807) is 24.3 Å². The van der Waals surface area contributed by atoms with Gasteiger partial charge in [0.05, 0.1) is 0 Å². The molecule has 4 nitrogen and oxygen atoms in total. The van der Waals surface area contributed by atoms with Gasteiger partial charge in [0.1, 0.15) is 6.04 Å². The third-order valence-corrected chi connectivity index (χ3v) is 4.03. The molecule has 0 unspecified atom stereocenters. The van der Waals surface area contributed by atoms with Gasteiger partial charge in [0, 0.05) is 24.1 Å². The second-order valence-corrected chi connectivity index (χ2v) is 6.60. The Kier molecular flexibility index (Phi) is 6.57. The summed E-state index contributed by atoms with van der Waals surface area (Å²) in [6.07, 6.45) is 7.38. The van der Waals surface area contributed by atoms with Crippen molar-refractivity contribution in [2.75, 3.05) is 6.54 Å². The van der Waals surface area contributed by atoms with Crippen molar-refractivity contribution in [1.82, 2.24) is 4.90 Å². The average molecular weight is 348 g/mol. The van der Waals surface area contributed by atoms with E-state index in [9.17, 15) is 14.7 Å². The molecular weight excluding hydrogens is 326 g/mol. The third-order valence-electron chi connectivity index (χ3n) is 4.03. The fourth-order valence-corrected chi connectivity index (χ4v) is 2.78. The van der Waals surface area contributed by atoms with Crippen molar-refractivity contribution in [3.8, 4) is 5.92 Å². The zero-order valence-electron chi connectivity index (χ0n) is 15.0. The van der Waals surface area contributed by atoms with E-state index in [-0.39, 0.29) is 18.2 Å². The van der Waals surface area contributed by atoms with Crippen molar-refractivity contribution in [2.24, 2.45) is 5.92 Å². The predicted octanol–water partition coefficient (Wildman–Crippen LogP) is 3.42. The van der Waals surface area contributed by atoms with Crippen molar-refractivity contribution in [1.29, 1.82) is 0 Å². The smallest absolute Gasteiger partial charge is 0.326 e. The number of hydrogen-bond donors (Lipinski definition) is 1. The molecule has 0 aliphatic carbocycles. The van der Waals surface area contributed by atoms with Gasteiger partial charge in [0.15, 0.2) is 0 Å². The molecule has 1 N–H and O–H groups in total. The first-order valence-electron chi connectivity index (χ1n) is 8.53. The number of carboxylic acids is 1. The van der Waals surface area contributed by atoms with Crippen molar-refractivity contribution in [3.63, 3.8) is 0 Å². The van der Waals surface area contributed by atoms with Crippen LogP contribution in [0.15, 0.2) is 54.6 Å². The first-order chi connectivity index (χ1) is 12.4. The summed E-state index contributed by atoms with van der Waals surface area (Å²) in [6.45, 7) is 4.25. The minimum atomic E-state index is -1.02. The van der Waals surface area contributed by atoms with E-state index in [1.807, 2.05) is 44.2 Å². The lowest BCUT2D eigenvalue weighted by Gasteiger charge is -2.31. The zero-order valence-corrected chi connectivity index (χ0v) is 15.0. The van der Waals surface area contributed by atoms with Crippen molar-refractivity contribution >= 4 is 11.9 Å². The molecule has 133 valence electrons. The standard InChI is InChI=1S/C22H22NO3/c1-4-17-10-12-19(13-11-17)21(24)23(15-16(2)3)20(22(25)26)14-18-8-6-5-7-9-18/h5-13,16,20H,14-15H2,2-3H3,(H,25,26)/t20-/m0/s1. The molecule has 0 spiro atoms. The van der Waals surface area contributed by atoms with Crippen LogP contribution in [0.5, 0.6) is 0 Å². The number of nitrogens with zero attached hydrogens (tertiary/aromatic N) is 1. The van der Waals surface area contributed by atoms with E-state index in [1.165, 1.54) is 4.90 Å². The van der Waals surface area contributed by atoms with E-state index in [0.717, 1.165) is 5.56 Å². The number of hydrogen-bond acceptors (Lipinski definition) is 2. The van der Waals surface area contributed by atoms with Crippen LogP contribution in [0.4, 0.5) is 0 Å². The molecule has 2 aromatic carbocycles. The van der Waals surface area contributed by atoms with Crippen molar-refractivity contribution in [2.45, 2.75) is 26.3 Å². The number of carboxylic acid groups (broad SMARTS) is 1. The van der Waals surface area contributed by atoms with Crippen LogP contribution in [0.1, 0.15) is 35.3 Å². The van der Waals surface area contributed by atoms with E-state index < -0.39 is 12.0 Å². The molecule has 1 amide bonds. The summed E-state index contributed by atoms with van der Waals surface area (Å²) in [5.74, 6) is 1.05. The minimum Gasteiger partial charge on any atom is -0.480 e. The Hall–Kier alpha value is -3.06. The Bertz CT molecular complexity index is 788. The molecule has 0 aliphatic heterocycles. The molecule has 0 saturated heterocycles. The summed E-state index contributed by atoms with van der Waals surface area (Å²) in [7, 11) is 0. The Morgan fingerprint density at radius 2 is 1.69 bits per heavy atom. The zero-order chi connectivity index (χ0) is 19.1. The molecule has 1 radical (unpaired) electrons. The highest BCUT2D eigenvalue weighted by molar-refractivity contribution is 5.96. The lowest BCUT2D eigenvalue weighted by Crippen LogP contribution is -2.48. The average Bonchev–Trinajstić information content (AvgIpc) is 2.64. The first kappa shape index (κ1) is 19.3. The molecule has 0 heterocycles. The lowest BCUT2D eigenvalue weighted by molar-refractivity contribution is -0.142. The Labute approximate surface area is 154 Å². The van der Waals surface area contributed by atoms with Crippen LogP contribution in [0.3, 0.4) is 0 Å². The summed E-state index contributed by atoms with van der Waals surface area (Å²) < 4.78 is 0. The molecule has 0 aromatic heterocycles. The molecule has 0 aliphatic rings. The summed E-state index contributed by atoms with van der Waals surface area (Å²) in [5.41, 5.74) is 1.84. The topological polar surface area (TPSA) is 57.6 Å². The van der Waals surface area contributed by atoms with Gasteiger partial charge < -0.3 is 10.0 Å². The number of aliphatic carboxylic acids is 1. The van der Waals surface area contributed by atoms with Gasteiger partial charge in [-0.15, -0.1) is 0 Å². The number of carbonyl (C=O) groups is 2. The van der Waals surface area contributed by atoms with E-state index >= 15 is 0 Å². The Morgan fingerprint density at radius 3 is 2.19 bits per heavy atom. The second-order valence-electron chi connectivity index (χ2n) is 6.60. The first-order valence-corrected chi connectivity index (χ1v) is 8.53. The molecule has 0 bridgehead atoms. The maximum Gasteiger partial charge on any atom is 0.326 e. The largest absolute Gasteiger partial charge is 0.480 e.